The lowest BCUT2D eigenvalue weighted by Crippen LogP contribution is -2.48. The van der Waals surface area contributed by atoms with Crippen molar-refractivity contribution in [2.24, 2.45) is 0 Å². The van der Waals surface area contributed by atoms with Crippen molar-refractivity contribution in [2.45, 2.75) is 41.1 Å². The number of fused-ring (bicyclic) bond motifs is 4. The van der Waals surface area contributed by atoms with E-state index in [-0.39, 0.29) is 11.1 Å². The van der Waals surface area contributed by atoms with Gasteiger partial charge < -0.3 is 9.80 Å². The second-order valence-corrected chi connectivity index (χ2v) is 14.4. The van der Waals surface area contributed by atoms with Crippen LogP contribution in [0.25, 0.3) is 9.81 Å². The molecule has 6 rings (SSSR count). The van der Waals surface area contributed by atoms with Gasteiger partial charge in [0.2, 0.25) is 0 Å². The molecule has 216 valence electrons. The van der Waals surface area contributed by atoms with Gasteiger partial charge in [0.15, 0.2) is 0 Å². The van der Waals surface area contributed by atoms with E-state index in [2.05, 4.69) is 0 Å². The molecule has 1 saturated carbocycles. The number of hydrogen-bond acceptors (Lipinski definition) is 4. The van der Waals surface area contributed by atoms with Gasteiger partial charge in [-0.1, -0.05) is 24.3 Å². The first-order valence-electron chi connectivity index (χ1n) is 13.0. The van der Waals surface area contributed by atoms with Crippen molar-refractivity contribution >= 4 is 44.7 Å². The summed E-state index contributed by atoms with van der Waals surface area (Å²) in [6, 6.07) is 14.8. The summed E-state index contributed by atoms with van der Waals surface area (Å²) in [6.07, 6.45) is 2.84. The van der Waals surface area contributed by atoms with E-state index >= 15 is 26.3 Å². The smallest absolute Gasteiger partial charge is 0.378 e. The van der Waals surface area contributed by atoms with Crippen LogP contribution in [-0.4, -0.2) is 55.5 Å². The third-order valence-corrected chi connectivity index (χ3v) is 12.0. The van der Waals surface area contributed by atoms with Crippen molar-refractivity contribution in [1.29, 1.82) is 0 Å². The molecule has 0 bridgehead atoms. The summed E-state index contributed by atoms with van der Waals surface area (Å²) in [5, 5.41) is 0. The minimum absolute atomic E-state index is 0.164. The fourth-order valence-electron chi connectivity index (χ4n) is 6.04. The van der Waals surface area contributed by atoms with Gasteiger partial charge in [-0.2, -0.15) is 26.3 Å². The highest BCUT2D eigenvalue weighted by Crippen LogP contribution is 2.75. The van der Waals surface area contributed by atoms with Gasteiger partial charge in [-0.15, -0.1) is 23.5 Å². The van der Waals surface area contributed by atoms with Gasteiger partial charge in [-0.25, -0.2) is 0 Å². The second kappa shape index (κ2) is 8.66. The molecule has 4 aliphatic rings. The van der Waals surface area contributed by atoms with Crippen molar-refractivity contribution in [3.8, 4) is 0 Å². The standard InChI is InChI=1S/C31H28F6N2S2/c1-27-21(15-23(40-27)17-7-11-19(12-8-17)38(3)4)25-26(30(34,35)31(36,37)29(25,32)33)22-16-24(41-28(22,27)2)18-9-13-20(14-10-18)39(5)6/h7-16H,1-6H3/t27-,28-/m1/s1. The molecule has 0 spiro atoms. The van der Waals surface area contributed by atoms with E-state index < -0.39 is 38.4 Å². The molecule has 0 N–H and O–H groups in total. The van der Waals surface area contributed by atoms with Crippen LogP contribution < -0.4 is 9.80 Å². The predicted molar refractivity (Wildman–Crippen MR) is 158 cm³/mol. The zero-order valence-electron chi connectivity index (χ0n) is 23.3. The molecule has 0 unspecified atom stereocenters. The van der Waals surface area contributed by atoms with Crippen LogP contribution in [0.3, 0.4) is 0 Å². The average molecular weight is 607 g/mol. The molecule has 0 aromatic heterocycles. The molecule has 2 aromatic rings. The summed E-state index contributed by atoms with van der Waals surface area (Å²) in [6.45, 7) is 3.41. The first-order valence-corrected chi connectivity index (χ1v) is 14.6. The van der Waals surface area contributed by atoms with Crippen LogP contribution in [0, 0.1) is 0 Å². The maximum atomic E-state index is 15.6. The maximum absolute atomic E-state index is 15.6. The normalized spacial score (nSPS) is 28.7. The Labute approximate surface area is 243 Å². The molecule has 10 heteroatoms. The van der Waals surface area contributed by atoms with E-state index in [0.29, 0.717) is 20.9 Å². The third-order valence-electron chi connectivity index (χ3n) is 8.66. The van der Waals surface area contributed by atoms with Crippen molar-refractivity contribution in [2.75, 3.05) is 38.0 Å². The molecule has 2 nitrogen and oxygen atoms in total. The van der Waals surface area contributed by atoms with E-state index in [9.17, 15) is 0 Å². The van der Waals surface area contributed by atoms with Crippen LogP contribution in [0.15, 0.2) is 83.0 Å². The molecular formula is C31H28F6N2S2. The number of halogens is 6. The lowest BCUT2D eigenvalue weighted by Gasteiger charge is -2.47. The molecule has 1 fully saturated rings. The van der Waals surface area contributed by atoms with E-state index in [1.807, 2.05) is 86.5 Å². The van der Waals surface area contributed by atoms with Gasteiger partial charge in [0.25, 0.3) is 0 Å². The molecule has 0 amide bonds. The fraction of sp³-hybridized carbons (Fsp3) is 0.355. The Bertz CT molecular complexity index is 1470. The Kier molecular flexibility index (Phi) is 6.00. The zero-order valence-corrected chi connectivity index (χ0v) is 24.9. The van der Waals surface area contributed by atoms with Gasteiger partial charge in [-0.05, 0) is 72.5 Å². The van der Waals surface area contributed by atoms with Crippen molar-refractivity contribution < 1.29 is 26.3 Å². The van der Waals surface area contributed by atoms with Crippen molar-refractivity contribution in [1.82, 2.24) is 0 Å². The highest BCUT2D eigenvalue weighted by atomic mass is 32.2. The summed E-state index contributed by atoms with van der Waals surface area (Å²) < 4.78 is 89.8. The number of hydrogen-bond donors (Lipinski definition) is 0. The van der Waals surface area contributed by atoms with Crippen molar-refractivity contribution in [3.63, 3.8) is 0 Å². The van der Waals surface area contributed by atoms with Crippen LogP contribution in [0.2, 0.25) is 0 Å². The van der Waals surface area contributed by atoms with Gasteiger partial charge in [0, 0.05) is 60.5 Å². The highest BCUT2D eigenvalue weighted by molar-refractivity contribution is 8.14. The Hall–Kier alpha value is -2.72. The molecule has 0 radical (unpaired) electrons. The summed E-state index contributed by atoms with van der Waals surface area (Å²) in [7, 11) is 7.53. The van der Waals surface area contributed by atoms with Gasteiger partial charge in [-0.3, -0.25) is 0 Å². The Morgan fingerprint density at radius 2 is 0.854 bits per heavy atom. The molecule has 2 aliphatic carbocycles. The molecular weight excluding hydrogens is 578 g/mol. The second-order valence-electron chi connectivity index (χ2n) is 11.5. The molecule has 2 heterocycles. The predicted octanol–water partition coefficient (Wildman–Crippen LogP) is 8.74. The Balaban J connectivity index is 1.57. The lowest BCUT2D eigenvalue weighted by atomic mass is 9.71. The van der Waals surface area contributed by atoms with E-state index in [4.69, 9.17) is 0 Å². The molecule has 2 aromatic carbocycles. The minimum atomic E-state index is -5.57. The maximum Gasteiger partial charge on any atom is 0.380 e. The van der Waals surface area contributed by atoms with Crippen LogP contribution >= 0.6 is 23.5 Å². The first kappa shape index (κ1) is 28.4. The number of allylic oxidation sites excluding steroid dienone is 4. The van der Waals surface area contributed by atoms with Gasteiger partial charge in [0.1, 0.15) is 0 Å². The summed E-state index contributed by atoms with van der Waals surface area (Å²) in [4.78, 5) is 4.96. The quantitative estimate of drug-likeness (QED) is 0.321. The molecule has 41 heavy (non-hydrogen) atoms. The third kappa shape index (κ3) is 3.55. The molecule has 2 atom stereocenters. The molecule has 2 aliphatic heterocycles. The van der Waals surface area contributed by atoms with Crippen LogP contribution in [0.5, 0.6) is 0 Å². The average Bonchev–Trinajstić information content (AvgIpc) is 3.48. The number of rotatable bonds is 4. The monoisotopic (exact) mass is 606 g/mol. The van der Waals surface area contributed by atoms with Crippen LogP contribution in [0.4, 0.5) is 37.7 Å². The van der Waals surface area contributed by atoms with Crippen molar-refractivity contribution in [3.05, 3.63) is 94.1 Å². The highest BCUT2D eigenvalue weighted by Gasteiger charge is 2.84. The Morgan fingerprint density at radius 3 is 1.15 bits per heavy atom. The van der Waals surface area contributed by atoms with Crippen LogP contribution in [0.1, 0.15) is 25.0 Å². The van der Waals surface area contributed by atoms with E-state index in [1.165, 1.54) is 35.7 Å². The molecule has 0 saturated heterocycles. The number of nitrogens with zero attached hydrogens (tertiary/aromatic N) is 2. The van der Waals surface area contributed by atoms with E-state index in [1.54, 1.807) is 13.8 Å². The topological polar surface area (TPSA) is 6.48 Å². The fourth-order valence-corrected chi connectivity index (χ4v) is 9.18. The summed E-state index contributed by atoms with van der Waals surface area (Å²) in [5.74, 6) is -15.7. The largest absolute Gasteiger partial charge is 0.380 e. The number of alkyl halides is 6. The minimum Gasteiger partial charge on any atom is -0.378 e. The number of thioether (sulfide) groups is 2. The van der Waals surface area contributed by atoms with E-state index in [0.717, 1.165) is 11.4 Å². The van der Waals surface area contributed by atoms with Crippen LogP contribution in [-0.2, 0) is 0 Å². The number of anilines is 2. The zero-order chi connectivity index (χ0) is 29.9. The van der Waals surface area contributed by atoms with Gasteiger partial charge in [0.05, 0.1) is 9.49 Å². The summed E-state index contributed by atoms with van der Waals surface area (Å²) in [5.41, 5.74) is 0.431. The SMILES string of the molecule is CN(C)c1ccc(C2=CC3=C4C(=C5C=C(c6ccc(N(C)C)cc6)S[C@@]5(C)[C@]3(C)S2)C(F)(F)C(F)(F)C4(F)F)cc1. The lowest BCUT2D eigenvalue weighted by molar-refractivity contribution is -0.258. The Morgan fingerprint density at radius 1 is 0.537 bits per heavy atom. The summed E-state index contributed by atoms with van der Waals surface area (Å²) >= 11 is 2.53. The first-order chi connectivity index (χ1) is 19.0. The number of benzene rings is 2. The van der Waals surface area contributed by atoms with Gasteiger partial charge >= 0.3 is 17.8 Å².